The number of hydrogen-bond donors (Lipinski definition) is 1. The molecule has 0 aromatic carbocycles. The summed E-state index contributed by atoms with van der Waals surface area (Å²) in [5.41, 5.74) is 0.807. The van der Waals surface area contributed by atoms with Crippen molar-refractivity contribution in [2.45, 2.75) is 13.8 Å². The van der Waals surface area contributed by atoms with Crippen molar-refractivity contribution in [3.63, 3.8) is 0 Å². The monoisotopic (exact) mass is 183 g/mol. The Morgan fingerprint density at radius 3 is 2.77 bits per heavy atom. The SMILES string of the molecule is CC(=O)OC/C=C/C=C(C)\C=N\O. The summed E-state index contributed by atoms with van der Waals surface area (Å²) < 4.78 is 4.65. The third-order valence-corrected chi connectivity index (χ3v) is 1.14. The molecule has 4 nitrogen and oxygen atoms in total. The molecule has 0 aliphatic heterocycles. The highest BCUT2D eigenvalue weighted by Crippen LogP contribution is 1.88. The molecule has 0 saturated carbocycles. The summed E-state index contributed by atoms with van der Waals surface area (Å²) in [5, 5.41) is 11.0. The van der Waals surface area contributed by atoms with Crippen LogP contribution in [0, 0.1) is 0 Å². The molecule has 0 fully saturated rings. The van der Waals surface area contributed by atoms with Gasteiger partial charge in [-0.25, -0.2) is 0 Å². The molecule has 0 atom stereocenters. The van der Waals surface area contributed by atoms with Crippen LogP contribution in [-0.4, -0.2) is 24.0 Å². The van der Waals surface area contributed by atoms with Crippen molar-refractivity contribution in [1.82, 2.24) is 0 Å². The predicted octanol–water partition coefficient (Wildman–Crippen LogP) is 1.51. The number of nitrogens with zero attached hydrogens (tertiary/aromatic N) is 1. The highest BCUT2D eigenvalue weighted by atomic mass is 16.5. The summed E-state index contributed by atoms with van der Waals surface area (Å²) in [5.74, 6) is -0.303. The summed E-state index contributed by atoms with van der Waals surface area (Å²) >= 11 is 0. The molecule has 0 radical (unpaired) electrons. The lowest BCUT2D eigenvalue weighted by atomic mass is 10.3. The third kappa shape index (κ3) is 8.33. The van der Waals surface area contributed by atoms with Crippen molar-refractivity contribution in [1.29, 1.82) is 0 Å². The zero-order chi connectivity index (χ0) is 10.1. The molecule has 13 heavy (non-hydrogen) atoms. The Hall–Kier alpha value is -1.58. The fourth-order valence-corrected chi connectivity index (χ4v) is 0.575. The summed E-state index contributed by atoms with van der Waals surface area (Å²) in [7, 11) is 0. The summed E-state index contributed by atoms with van der Waals surface area (Å²) in [6, 6.07) is 0. The third-order valence-electron chi connectivity index (χ3n) is 1.14. The minimum Gasteiger partial charge on any atom is -0.462 e. The second kappa shape index (κ2) is 7.09. The molecule has 1 N–H and O–H groups in total. The predicted molar refractivity (Wildman–Crippen MR) is 49.8 cm³/mol. The Morgan fingerprint density at radius 1 is 1.54 bits per heavy atom. The van der Waals surface area contributed by atoms with E-state index < -0.39 is 0 Å². The fraction of sp³-hybridized carbons (Fsp3) is 0.333. The normalized spacial score (nSPS) is 12.6. The summed E-state index contributed by atoms with van der Waals surface area (Å²) in [6.07, 6.45) is 6.47. The molecule has 4 heteroatoms. The van der Waals surface area contributed by atoms with Gasteiger partial charge in [0.15, 0.2) is 0 Å². The van der Waals surface area contributed by atoms with E-state index >= 15 is 0 Å². The van der Waals surface area contributed by atoms with Crippen LogP contribution >= 0.6 is 0 Å². The number of ether oxygens (including phenoxy) is 1. The van der Waals surface area contributed by atoms with Crippen LogP contribution in [0.3, 0.4) is 0 Å². The van der Waals surface area contributed by atoms with Gasteiger partial charge >= 0.3 is 5.97 Å². The number of carbonyl (C=O) groups is 1. The van der Waals surface area contributed by atoms with Crippen molar-refractivity contribution in [2.75, 3.05) is 6.61 Å². The van der Waals surface area contributed by atoms with Crippen molar-refractivity contribution < 1.29 is 14.7 Å². The van der Waals surface area contributed by atoms with E-state index in [2.05, 4.69) is 9.89 Å². The molecule has 0 saturated heterocycles. The Morgan fingerprint density at radius 2 is 2.23 bits per heavy atom. The lowest BCUT2D eigenvalue weighted by Crippen LogP contribution is -1.97. The smallest absolute Gasteiger partial charge is 0.302 e. The van der Waals surface area contributed by atoms with Gasteiger partial charge in [0.05, 0.1) is 6.21 Å². The number of hydrogen-bond acceptors (Lipinski definition) is 4. The van der Waals surface area contributed by atoms with Gasteiger partial charge in [-0.05, 0) is 18.6 Å². The molecule has 72 valence electrons. The van der Waals surface area contributed by atoms with Crippen molar-refractivity contribution in [3.05, 3.63) is 23.8 Å². The van der Waals surface area contributed by atoms with Crippen LogP contribution in [0.4, 0.5) is 0 Å². The van der Waals surface area contributed by atoms with Crippen molar-refractivity contribution in [2.24, 2.45) is 5.16 Å². The van der Waals surface area contributed by atoms with E-state index in [9.17, 15) is 4.79 Å². The second-order valence-corrected chi connectivity index (χ2v) is 2.39. The molecular formula is C9H13NO3. The van der Waals surface area contributed by atoms with Gasteiger partial charge in [0.1, 0.15) is 6.61 Å². The minimum atomic E-state index is -0.303. The molecule has 0 aromatic heterocycles. The van der Waals surface area contributed by atoms with Crippen LogP contribution < -0.4 is 0 Å². The first-order valence-electron chi connectivity index (χ1n) is 3.81. The maximum absolute atomic E-state index is 10.3. The number of rotatable bonds is 4. The van der Waals surface area contributed by atoms with E-state index in [-0.39, 0.29) is 12.6 Å². The first-order valence-corrected chi connectivity index (χ1v) is 3.81. The van der Waals surface area contributed by atoms with E-state index in [1.165, 1.54) is 13.1 Å². The van der Waals surface area contributed by atoms with E-state index in [4.69, 9.17) is 5.21 Å². The van der Waals surface area contributed by atoms with E-state index in [1.54, 1.807) is 25.2 Å². The summed E-state index contributed by atoms with van der Waals surface area (Å²) in [6.45, 7) is 3.40. The Labute approximate surface area is 77.2 Å². The lowest BCUT2D eigenvalue weighted by Gasteiger charge is -1.93. The average molecular weight is 183 g/mol. The molecule has 0 spiro atoms. The quantitative estimate of drug-likeness (QED) is 0.236. The van der Waals surface area contributed by atoms with Gasteiger partial charge in [-0.1, -0.05) is 17.3 Å². The Bertz CT molecular complexity index is 241. The molecule has 0 amide bonds. The van der Waals surface area contributed by atoms with Gasteiger partial charge < -0.3 is 9.94 Å². The van der Waals surface area contributed by atoms with E-state index in [1.807, 2.05) is 0 Å². The first kappa shape index (κ1) is 11.4. The highest BCUT2D eigenvalue weighted by molar-refractivity contribution is 5.77. The first-order chi connectivity index (χ1) is 6.16. The molecule has 0 rings (SSSR count). The molecule has 0 unspecified atom stereocenters. The van der Waals surface area contributed by atoms with Crippen LogP contribution in [0.1, 0.15) is 13.8 Å². The van der Waals surface area contributed by atoms with Crippen LogP contribution in [0.15, 0.2) is 29.0 Å². The molecule has 0 heterocycles. The van der Waals surface area contributed by atoms with Gasteiger partial charge in [-0.3, -0.25) is 4.79 Å². The second-order valence-electron chi connectivity index (χ2n) is 2.39. The molecule has 0 aliphatic carbocycles. The van der Waals surface area contributed by atoms with E-state index in [0.29, 0.717) is 0 Å². The number of esters is 1. The van der Waals surface area contributed by atoms with E-state index in [0.717, 1.165) is 5.57 Å². The molecule has 0 aliphatic rings. The Kier molecular flexibility index (Phi) is 6.23. The van der Waals surface area contributed by atoms with Crippen LogP contribution in [0.5, 0.6) is 0 Å². The zero-order valence-electron chi connectivity index (χ0n) is 7.73. The standard InChI is InChI=1S/C9H13NO3/c1-8(7-10-12)5-3-4-6-13-9(2)11/h3-5,7,12H,6H2,1-2H3/b4-3+,8-5-,10-7+. The summed E-state index contributed by atoms with van der Waals surface area (Å²) in [4.78, 5) is 10.3. The lowest BCUT2D eigenvalue weighted by molar-refractivity contribution is -0.139. The van der Waals surface area contributed by atoms with Crippen LogP contribution in [0.2, 0.25) is 0 Å². The largest absolute Gasteiger partial charge is 0.462 e. The number of oxime groups is 1. The highest BCUT2D eigenvalue weighted by Gasteiger charge is 1.85. The molecule has 0 bridgehead atoms. The minimum absolute atomic E-state index is 0.259. The number of allylic oxidation sites excluding steroid dienone is 3. The zero-order valence-corrected chi connectivity index (χ0v) is 7.73. The van der Waals surface area contributed by atoms with Crippen molar-refractivity contribution in [3.8, 4) is 0 Å². The van der Waals surface area contributed by atoms with Crippen LogP contribution in [-0.2, 0) is 9.53 Å². The Balaban J connectivity index is 3.73. The van der Waals surface area contributed by atoms with Gasteiger partial charge in [-0.15, -0.1) is 0 Å². The van der Waals surface area contributed by atoms with Gasteiger partial charge in [0, 0.05) is 6.92 Å². The average Bonchev–Trinajstić information content (AvgIpc) is 2.03. The van der Waals surface area contributed by atoms with Crippen LogP contribution in [0.25, 0.3) is 0 Å². The van der Waals surface area contributed by atoms with Gasteiger partial charge in [0.2, 0.25) is 0 Å². The number of carbonyl (C=O) groups excluding carboxylic acids is 1. The molecule has 0 aromatic rings. The van der Waals surface area contributed by atoms with Gasteiger partial charge in [0.25, 0.3) is 0 Å². The van der Waals surface area contributed by atoms with Gasteiger partial charge in [-0.2, -0.15) is 0 Å². The fourth-order valence-electron chi connectivity index (χ4n) is 0.575. The molecular weight excluding hydrogens is 170 g/mol. The maximum atomic E-state index is 10.3. The maximum Gasteiger partial charge on any atom is 0.302 e. The van der Waals surface area contributed by atoms with Crippen molar-refractivity contribution >= 4 is 12.2 Å². The topological polar surface area (TPSA) is 58.9 Å².